The molecule has 4 unspecified atom stereocenters. The van der Waals surface area contributed by atoms with E-state index >= 15 is 0 Å². The molecule has 2 aromatic carbocycles. The number of hydrogen-bond acceptors (Lipinski definition) is 3. The molecule has 4 nitrogen and oxygen atoms in total. The molecule has 1 saturated heterocycles. The van der Waals surface area contributed by atoms with Crippen LogP contribution in [0.25, 0.3) is 0 Å². The Balaban J connectivity index is 1.87. The smallest absolute Gasteiger partial charge is 0.237 e. The molecule has 0 radical (unpaired) electrons. The van der Waals surface area contributed by atoms with E-state index in [1.807, 2.05) is 57.2 Å². The van der Waals surface area contributed by atoms with Crippen molar-refractivity contribution >= 4 is 23.4 Å². The van der Waals surface area contributed by atoms with Crippen molar-refractivity contribution in [2.45, 2.75) is 37.8 Å². The first-order chi connectivity index (χ1) is 12.7. The molecule has 0 spiro atoms. The summed E-state index contributed by atoms with van der Waals surface area (Å²) in [6.45, 7) is 5.54. The molecule has 1 fully saturated rings. The molecule has 1 heterocycles. The molecule has 5 heteroatoms. The highest BCUT2D eigenvalue weighted by Gasteiger charge is 2.69. The zero-order valence-corrected chi connectivity index (χ0v) is 16.1. The van der Waals surface area contributed by atoms with Crippen LogP contribution in [0.5, 0.6) is 0 Å². The Morgan fingerprint density at radius 3 is 2.37 bits per heavy atom. The lowest BCUT2D eigenvalue weighted by molar-refractivity contribution is -0.147. The lowest BCUT2D eigenvalue weighted by Gasteiger charge is -2.51. The number of benzene rings is 2. The van der Waals surface area contributed by atoms with Crippen molar-refractivity contribution in [1.29, 1.82) is 0 Å². The van der Waals surface area contributed by atoms with Gasteiger partial charge in [0.05, 0.1) is 11.8 Å². The normalized spacial score (nSPS) is 31.0. The second-order valence-electron chi connectivity index (χ2n) is 8.72. The Morgan fingerprint density at radius 2 is 1.67 bits per heavy atom. The largest absolute Gasteiger partial charge is 0.379 e. The van der Waals surface area contributed by atoms with Gasteiger partial charge in [-0.3, -0.25) is 14.5 Å². The number of carbonyl (C=O) groups is 2. The summed E-state index contributed by atoms with van der Waals surface area (Å²) >= 11 is 6.52. The van der Waals surface area contributed by atoms with Crippen LogP contribution in [0.2, 0.25) is 5.02 Å². The van der Waals surface area contributed by atoms with E-state index in [-0.39, 0.29) is 17.7 Å². The van der Waals surface area contributed by atoms with Crippen LogP contribution in [-0.2, 0) is 15.2 Å². The van der Waals surface area contributed by atoms with Crippen LogP contribution >= 0.6 is 11.6 Å². The maximum atomic E-state index is 13.4. The maximum Gasteiger partial charge on any atom is 0.237 e. The predicted octanol–water partition coefficient (Wildman–Crippen LogP) is 3.43. The second-order valence-corrected chi connectivity index (χ2v) is 9.13. The highest BCUT2D eigenvalue weighted by Crippen LogP contribution is 2.64. The SMILES string of the molecule is CC(C)(C)N1C(=O)C2C3c4ccccc4C(O)(c4c(Cl)cccc43)C2C1=O. The van der Waals surface area contributed by atoms with Crippen LogP contribution < -0.4 is 0 Å². The number of amides is 2. The highest BCUT2D eigenvalue weighted by molar-refractivity contribution is 6.31. The number of halogens is 1. The average Bonchev–Trinajstić information content (AvgIpc) is 2.87. The third-order valence-corrected chi connectivity index (χ3v) is 6.61. The van der Waals surface area contributed by atoms with E-state index in [1.54, 1.807) is 6.07 Å². The van der Waals surface area contributed by atoms with Crippen molar-refractivity contribution in [1.82, 2.24) is 4.90 Å². The number of rotatable bonds is 0. The topological polar surface area (TPSA) is 57.6 Å². The summed E-state index contributed by atoms with van der Waals surface area (Å²) in [5.41, 5.74) is 0.775. The van der Waals surface area contributed by atoms with Gasteiger partial charge in [-0.2, -0.15) is 0 Å². The molecular weight excluding hydrogens is 362 g/mol. The zero-order valence-electron chi connectivity index (χ0n) is 15.4. The van der Waals surface area contributed by atoms with Gasteiger partial charge in [0.2, 0.25) is 11.8 Å². The van der Waals surface area contributed by atoms with E-state index in [9.17, 15) is 14.7 Å². The third kappa shape index (κ3) is 1.83. The van der Waals surface area contributed by atoms with Gasteiger partial charge in [0.25, 0.3) is 0 Å². The molecule has 6 rings (SSSR count). The van der Waals surface area contributed by atoms with Gasteiger partial charge in [0.1, 0.15) is 5.60 Å². The Kier molecular flexibility index (Phi) is 3.14. The fourth-order valence-corrected chi connectivity index (χ4v) is 5.78. The first kappa shape index (κ1) is 17.0. The number of hydrogen-bond donors (Lipinski definition) is 1. The number of nitrogens with zero attached hydrogens (tertiary/aromatic N) is 1. The highest BCUT2D eigenvalue weighted by atomic mass is 35.5. The summed E-state index contributed by atoms with van der Waals surface area (Å²) < 4.78 is 0. The number of imide groups is 1. The molecule has 3 aliphatic carbocycles. The van der Waals surface area contributed by atoms with Crippen LogP contribution in [0.15, 0.2) is 42.5 Å². The van der Waals surface area contributed by atoms with Gasteiger partial charge in [-0.05, 0) is 43.5 Å². The molecule has 1 aliphatic heterocycles. The summed E-state index contributed by atoms with van der Waals surface area (Å²) in [4.78, 5) is 28.2. The molecule has 0 aromatic heterocycles. The van der Waals surface area contributed by atoms with E-state index in [1.165, 1.54) is 4.90 Å². The van der Waals surface area contributed by atoms with Crippen LogP contribution in [0.1, 0.15) is 48.9 Å². The Labute approximate surface area is 162 Å². The molecule has 2 aromatic rings. The number of aliphatic hydroxyl groups is 1. The van der Waals surface area contributed by atoms with E-state index < -0.39 is 23.0 Å². The van der Waals surface area contributed by atoms with Gasteiger partial charge in [0, 0.05) is 22.0 Å². The Bertz CT molecular complexity index is 1020. The summed E-state index contributed by atoms with van der Waals surface area (Å²) in [5.74, 6) is -2.26. The summed E-state index contributed by atoms with van der Waals surface area (Å²) in [5, 5.41) is 12.5. The lowest BCUT2D eigenvalue weighted by atomic mass is 9.52. The Morgan fingerprint density at radius 1 is 1.00 bits per heavy atom. The summed E-state index contributed by atoms with van der Waals surface area (Å²) in [7, 11) is 0. The molecule has 2 amide bonds. The van der Waals surface area contributed by atoms with Crippen LogP contribution in [0.3, 0.4) is 0 Å². The second kappa shape index (κ2) is 5.00. The zero-order chi connectivity index (χ0) is 19.3. The van der Waals surface area contributed by atoms with Gasteiger partial charge >= 0.3 is 0 Å². The fourth-order valence-electron chi connectivity index (χ4n) is 5.46. The van der Waals surface area contributed by atoms with Crippen LogP contribution in [-0.4, -0.2) is 27.4 Å². The van der Waals surface area contributed by atoms with Gasteiger partial charge in [-0.15, -0.1) is 0 Å². The van der Waals surface area contributed by atoms with E-state index in [0.29, 0.717) is 16.1 Å². The minimum absolute atomic E-state index is 0.207. The summed E-state index contributed by atoms with van der Waals surface area (Å²) in [6, 6.07) is 13.0. The quantitative estimate of drug-likeness (QED) is 0.711. The van der Waals surface area contributed by atoms with Crippen molar-refractivity contribution in [2.24, 2.45) is 11.8 Å². The molecule has 4 aliphatic rings. The van der Waals surface area contributed by atoms with Crippen molar-refractivity contribution in [3.8, 4) is 0 Å². The molecule has 4 atom stereocenters. The first-order valence-electron chi connectivity index (χ1n) is 9.17. The minimum Gasteiger partial charge on any atom is -0.379 e. The monoisotopic (exact) mass is 381 g/mol. The molecule has 1 N–H and O–H groups in total. The average molecular weight is 382 g/mol. The van der Waals surface area contributed by atoms with Crippen molar-refractivity contribution < 1.29 is 14.7 Å². The van der Waals surface area contributed by atoms with Gasteiger partial charge < -0.3 is 5.11 Å². The predicted molar refractivity (Wildman–Crippen MR) is 101 cm³/mol. The van der Waals surface area contributed by atoms with Gasteiger partial charge in [-0.25, -0.2) is 0 Å². The van der Waals surface area contributed by atoms with Gasteiger partial charge in [0.15, 0.2) is 0 Å². The lowest BCUT2D eigenvalue weighted by Crippen LogP contribution is -2.54. The van der Waals surface area contributed by atoms with Crippen molar-refractivity contribution in [3.05, 3.63) is 69.7 Å². The van der Waals surface area contributed by atoms with Crippen LogP contribution in [0, 0.1) is 11.8 Å². The number of carbonyl (C=O) groups excluding carboxylic acids is 2. The van der Waals surface area contributed by atoms with Crippen LogP contribution in [0.4, 0.5) is 0 Å². The molecule has 27 heavy (non-hydrogen) atoms. The molecule has 2 bridgehead atoms. The van der Waals surface area contributed by atoms with E-state index in [2.05, 4.69) is 0 Å². The summed E-state index contributed by atoms with van der Waals surface area (Å²) in [6.07, 6.45) is 0. The van der Waals surface area contributed by atoms with Crippen molar-refractivity contribution in [2.75, 3.05) is 0 Å². The molecular formula is C22H20ClNO3. The standard InChI is InChI=1S/C22H20ClNO3/c1-21(2,3)24-19(25)16-15-11-7-4-5-9-13(11)22(27,18(16)20(24)26)17-12(15)8-6-10-14(17)23/h4-10,15-16,18,27H,1-3H3. The van der Waals surface area contributed by atoms with Crippen molar-refractivity contribution in [3.63, 3.8) is 0 Å². The first-order valence-corrected chi connectivity index (χ1v) is 9.55. The minimum atomic E-state index is -1.60. The van der Waals surface area contributed by atoms with Gasteiger partial charge in [-0.1, -0.05) is 48.0 Å². The fraction of sp³-hybridized carbons (Fsp3) is 0.364. The third-order valence-electron chi connectivity index (χ3n) is 6.30. The maximum absolute atomic E-state index is 13.4. The van der Waals surface area contributed by atoms with E-state index in [0.717, 1.165) is 11.1 Å². The number of likely N-dealkylation sites (tertiary alicyclic amines) is 1. The molecule has 138 valence electrons. The van der Waals surface area contributed by atoms with E-state index in [4.69, 9.17) is 11.6 Å². The molecule has 0 saturated carbocycles. The Hall–Kier alpha value is -2.17.